The Morgan fingerprint density at radius 3 is 2.58 bits per heavy atom. The number of ether oxygens (including phenoxy) is 1. The largest absolute Gasteiger partial charge is 0.394 e. The maximum Gasteiger partial charge on any atom is 0.0698 e. The molecule has 0 atom stereocenters. The Morgan fingerprint density at radius 2 is 2.08 bits per heavy atom. The van der Waals surface area contributed by atoms with Gasteiger partial charge in [0.2, 0.25) is 0 Å². The molecule has 3 nitrogen and oxygen atoms in total. The van der Waals surface area contributed by atoms with Gasteiger partial charge in [-0.2, -0.15) is 0 Å². The van der Waals surface area contributed by atoms with E-state index < -0.39 is 0 Å². The van der Waals surface area contributed by atoms with Gasteiger partial charge in [0.25, 0.3) is 0 Å². The molecule has 0 fully saturated rings. The van der Waals surface area contributed by atoms with Crippen molar-refractivity contribution >= 4 is 5.71 Å². The van der Waals surface area contributed by atoms with Gasteiger partial charge >= 0.3 is 0 Å². The lowest BCUT2D eigenvalue weighted by Gasteiger charge is -2.04. The molecule has 0 aliphatic heterocycles. The van der Waals surface area contributed by atoms with Crippen molar-refractivity contribution in [3.63, 3.8) is 0 Å². The zero-order valence-electron chi connectivity index (χ0n) is 8.21. The van der Waals surface area contributed by atoms with Gasteiger partial charge in [0.05, 0.1) is 26.4 Å². The maximum atomic E-state index is 8.40. The second kappa shape index (κ2) is 7.25. The van der Waals surface area contributed by atoms with Crippen LogP contribution >= 0.6 is 0 Å². The summed E-state index contributed by atoms with van der Waals surface area (Å²) in [7, 11) is 0. The van der Waals surface area contributed by atoms with Crippen LogP contribution in [-0.4, -0.2) is 37.2 Å². The number of nitrogens with zero attached hydrogens (tertiary/aromatic N) is 1. The van der Waals surface area contributed by atoms with E-state index in [0.29, 0.717) is 25.7 Å². The van der Waals surface area contributed by atoms with Crippen molar-refractivity contribution in [2.24, 2.45) is 10.9 Å². The summed E-state index contributed by atoms with van der Waals surface area (Å²) in [6.45, 7) is 8.06. The Hall–Kier alpha value is -0.410. The highest BCUT2D eigenvalue weighted by Crippen LogP contribution is 1.95. The lowest BCUT2D eigenvalue weighted by atomic mass is 10.1. The summed E-state index contributed by atoms with van der Waals surface area (Å²) in [6.07, 6.45) is 0. The van der Waals surface area contributed by atoms with Gasteiger partial charge in [0.15, 0.2) is 0 Å². The molecule has 0 saturated carbocycles. The first kappa shape index (κ1) is 11.6. The third-order valence-corrected chi connectivity index (χ3v) is 1.67. The molecule has 0 bridgehead atoms. The first-order chi connectivity index (χ1) is 5.68. The number of aliphatic hydroxyl groups is 1. The molecule has 0 aromatic carbocycles. The minimum absolute atomic E-state index is 0.0902. The summed E-state index contributed by atoms with van der Waals surface area (Å²) in [5.41, 5.74) is 1.16. The first-order valence-electron chi connectivity index (χ1n) is 4.38. The Bertz CT molecular complexity index is 132. The highest BCUT2D eigenvalue weighted by Gasteiger charge is 1.95. The Morgan fingerprint density at radius 1 is 1.42 bits per heavy atom. The van der Waals surface area contributed by atoms with Gasteiger partial charge in [-0.25, -0.2) is 0 Å². The predicted molar refractivity (Wildman–Crippen MR) is 50.7 cm³/mol. The van der Waals surface area contributed by atoms with Crippen molar-refractivity contribution < 1.29 is 9.84 Å². The van der Waals surface area contributed by atoms with E-state index in [2.05, 4.69) is 18.8 Å². The summed E-state index contributed by atoms with van der Waals surface area (Å²) in [6, 6.07) is 0. The van der Waals surface area contributed by atoms with E-state index in [4.69, 9.17) is 9.84 Å². The molecule has 0 radical (unpaired) electrons. The second-order valence-electron chi connectivity index (χ2n) is 3.01. The fourth-order valence-corrected chi connectivity index (χ4v) is 0.636. The summed E-state index contributed by atoms with van der Waals surface area (Å²) in [4.78, 5) is 4.31. The van der Waals surface area contributed by atoms with Crippen molar-refractivity contribution in [3.05, 3.63) is 0 Å². The zero-order valence-corrected chi connectivity index (χ0v) is 8.21. The Balaban J connectivity index is 3.34. The summed E-state index contributed by atoms with van der Waals surface area (Å²) in [5, 5.41) is 8.40. The van der Waals surface area contributed by atoms with E-state index in [0.717, 1.165) is 5.71 Å². The van der Waals surface area contributed by atoms with Crippen molar-refractivity contribution in [1.82, 2.24) is 0 Å². The minimum atomic E-state index is 0.0902. The van der Waals surface area contributed by atoms with Crippen molar-refractivity contribution in [1.29, 1.82) is 0 Å². The molecule has 72 valence electrons. The van der Waals surface area contributed by atoms with Crippen LogP contribution in [0.3, 0.4) is 0 Å². The first-order valence-corrected chi connectivity index (χ1v) is 4.38. The van der Waals surface area contributed by atoms with E-state index >= 15 is 0 Å². The van der Waals surface area contributed by atoms with E-state index in [1.54, 1.807) is 0 Å². The number of aliphatic hydroxyl groups excluding tert-OH is 1. The van der Waals surface area contributed by atoms with Crippen LogP contribution in [-0.2, 0) is 4.74 Å². The molecular weight excluding hydrogens is 154 g/mol. The number of aliphatic imine (C=N–C) groups is 1. The fraction of sp³-hybridized carbons (Fsp3) is 0.889. The van der Waals surface area contributed by atoms with E-state index in [1.165, 1.54) is 0 Å². The van der Waals surface area contributed by atoms with Crippen LogP contribution in [0.2, 0.25) is 0 Å². The Labute approximate surface area is 74.5 Å². The molecule has 3 heteroatoms. The van der Waals surface area contributed by atoms with Crippen LogP contribution in [0.5, 0.6) is 0 Å². The van der Waals surface area contributed by atoms with Crippen LogP contribution < -0.4 is 0 Å². The fourth-order valence-electron chi connectivity index (χ4n) is 0.636. The predicted octanol–water partition coefficient (Wildman–Crippen LogP) is 1.11. The number of hydrogen-bond donors (Lipinski definition) is 1. The van der Waals surface area contributed by atoms with Crippen molar-refractivity contribution in [2.45, 2.75) is 20.8 Å². The highest BCUT2D eigenvalue weighted by atomic mass is 16.5. The molecule has 0 spiro atoms. The number of hydrogen-bond acceptors (Lipinski definition) is 3. The second-order valence-corrected chi connectivity index (χ2v) is 3.01. The van der Waals surface area contributed by atoms with Gasteiger partial charge in [0, 0.05) is 5.71 Å². The van der Waals surface area contributed by atoms with Crippen LogP contribution in [0, 0.1) is 5.92 Å². The van der Waals surface area contributed by atoms with Crippen LogP contribution in [0.1, 0.15) is 20.8 Å². The monoisotopic (exact) mass is 173 g/mol. The molecular formula is C9H19NO2. The van der Waals surface area contributed by atoms with Gasteiger partial charge in [-0.3, -0.25) is 4.99 Å². The van der Waals surface area contributed by atoms with Gasteiger partial charge in [0.1, 0.15) is 0 Å². The average molecular weight is 173 g/mol. The normalized spacial score (nSPS) is 12.6. The van der Waals surface area contributed by atoms with Gasteiger partial charge in [-0.1, -0.05) is 13.8 Å². The van der Waals surface area contributed by atoms with Gasteiger partial charge in [-0.05, 0) is 12.8 Å². The van der Waals surface area contributed by atoms with Crippen LogP contribution in [0.15, 0.2) is 4.99 Å². The standard InChI is InChI=1S/C9H19NO2/c1-8(2)9(3)10-4-6-12-7-5-11/h8,11H,4-7H2,1-3H3. The van der Waals surface area contributed by atoms with E-state index in [9.17, 15) is 0 Å². The maximum absolute atomic E-state index is 8.40. The zero-order chi connectivity index (χ0) is 9.40. The van der Waals surface area contributed by atoms with Crippen LogP contribution in [0.4, 0.5) is 0 Å². The summed E-state index contributed by atoms with van der Waals surface area (Å²) in [5.74, 6) is 0.517. The lowest BCUT2D eigenvalue weighted by molar-refractivity contribution is 0.0977. The molecule has 0 aromatic heterocycles. The lowest BCUT2D eigenvalue weighted by Crippen LogP contribution is -2.07. The quantitative estimate of drug-likeness (QED) is 0.483. The summed E-state index contributed by atoms with van der Waals surface area (Å²) < 4.78 is 5.06. The third-order valence-electron chi connectivity index (χ3n) is 1.67. The topological polar surface area (TPSA) is 41.8 Å². The molecule has 0 unspecified atom stereocenters. The molecule has 12 heavy (non-hydrogen) atoms. The van der Waals surface area contributed by atoms with E-state index in [1.807, 2.05) is 6.92 Å². The molecule has 0 heterocycles. The van der Waals surface area contributed by atoms with E-state index in [-0.39, 0.29) is 6.61 Å². The molecule has 0 aromatic rings. The van der Waals surface area contributed by atoms with Gasteiger partial charge in [-0.15, -0.1) is 0 Å². The average Bonchev–Trinajstić information content (AvgIpc) is 2.03. The van der Waals surface area contributed by atoms with Crippen molar-refractivity contribution in [2.75, 3.05) is 26.4 Å². The molecule has 0 amide bonds. The molecule has 0 rings (SSSR count). The SMILES string of the molecule is CC(=NCCOCCO)C(C)C. The van der Waals surface area contributed by atoms with Crippen LogP contribution in [0.25, 0.3) is 0 Å². The molecule has 0 saturated heterocycles. The Kier molecular flexibility index (Phi) is 7.00. The molecule has 0 aliphatic rings. The smallest absolute Gasteiger partial charge is 0.0698 e. The summed E-state index contributed by atoms with van der Waals surface area (Å²) >= 11 is 0. The minimum Gasteiger partial charge on any atom is -0.394 e. The highest BCUT2D eigenvalue weighted by molar-refractivity contribution is 5.83. The molecule has 1 N–H and O–H groups in total. The third kappa shape index (κ3) is 6.31. The van der Waals surface area contributed by atoms with Crippen molar-refractivity contribution in [3.8, 4) is 0 Å². The molecule has 0 aliphatic carbocycles. The van der Waals surface area contributed by atoms with Gasteiger partial charge < -0.3 is 9.84 Å². The number of rotatable bonds is 6.